The molecule has 132 valence electrons. The van der Waals surface area contributed by atoms with E-state index in [0.29, 0.717) is 6.54 Å². The molecule has 0 saturated carbocycles. The Morgan fingerprint density at radius 3 is 2.62 bits per heavy atom. The monoisotopic (exact) mass is 341 g/mol. The summed E-state index contributed by atoms with van der Waals surface area (Å²) in [6.45, 7) is 9.17. The van der Waals surface area contributed by atoms with Crippen molar-refractivity contribution in [1.29, 1.82) is 0 Å². The molecule has 0 radical (unpaired) electrons. The van der Waals surface area contributed by atoms with Gasteiger partial charge < -0.3 is 9.84 Å². The molecule has 0 aliphatic heterocycles. The molecule has 0 unspecified atom stereocenters. The molecule has 24 heavy (non-hydrogen) atoms. The number of amides is 1. The normalized spacial score (nSPS) is 12.2. The molecular weight excluding hydrogens is 320 g/mol. The molecule has 2 aromatic rings. The lowest BCUT2D eigenvalue weighted by atomic mass is 10.1. The lowest BCUT2D eigenvalue weighted by molar-refractivity contribution is -0.120. The van der Waals surface area contributed by atoms with E-state index in [0.717, 1.165) is 0 Å². The number of nitrogens with zero attached hydrogens (tertiary/aromatic N) is 4. The molecule has 7 nitrogen and oxygen atoms in total. The van der Waals surface area contributed by atoms with E-state index in [2.05, 4.69) is 20.6 Å². The van der Waals surface area contributed by atoms with Crippen molar-refractivity contribution in [1.82, 2.24) is 25.2 Å². The average molecular weight is 341 g/mol. The highest BCUT2D eigenvalue weighted by atomic mass is 19.3. The van der Waals surface area contributed by atoms with Crippen molar-refractivity contribution in [2.45, 2.75) is 53.1 Å². The van der Waals surface area contributed by atoms with Crippen molar-refractivity contribution in [3.05, 3.63) is 17.6 Å². The largest absolute Gasteiger partial charge is 0.344 e. The van der Waals surface area contributed by atoms with Gasteiger partial charge in [-0.25, -0.2) is 8.78 Å². The molecule has 0 atom stereocenters. The van der Waals surface area contributed by atoms with Crippen molar-refractivity contribution in [2.75, 3.05) is 0 Å². The Kier molecular flexibility index (Phi) is 5.00. The van der Waals surface area contributed by atoms with E-state index in [9.17, 15) is 13.6 Å². The Balaban J connectivity index is 2.38. The SMILES string of the molecule is CC(=O)NC(C)(C)c1noc(-c2nn(CC(C)C)cc2C(F)F)n1. The summed E-state index contributed by atoms with van der Waals surface area (Å²) in [5, 5.41) is 10.6. The molecule has 0 spiro atoms. The van der Waals surface area contributed by atoms with Gasteiger partial charge in [-0.15, -0.1) is 0 Å². The second kappa shape index (κ2) is 6.66. The summed E-state index contributed by atoms with van der Waals surface area (Å²) in [6.07, 6.45) is -1.41. The van der Waals surface area contributed by atoms with Crippen LogP contribution >= 0.6 is 0 Å². The number of rotatable bonds is 6. The molecular formula is C15H21F2N5O2. The van der Waals surface area contributed by atoms with E-state index in [1.54, 1.807) is 13.8 Å². The Labute approximate surface area is 138 Å². The van der Waals surface area contributed by atoms with Gasteiger partial charge in [-0.3, -0.25) is 9.48 Å². The number of hydrogen-bond acceptors (Lipinski definition) is 5. The number of carbonyl (C=O) groups excluding carboxylic acids is 1. The third kappa shape index (κ3) is 3.95. The van der Waals surface area contributed by atoms with E-state index in [1.807, 2.05) is 13.8 Å². The smallest absolute Gasteiger partial charge is 0.279 e. The van der Waals surface area contributed by atoms with Gasteiger partial charge in [0.25, 0.3) is 12.3 Å². The molecule has 2 aromatic heterocycles. The molecule has 1 amide bonds. The maximum atomic E-state index is 13.3. The molecule has 0 fully saturated rings. The third-order valence-electron chi connectivity index (χ3n) is 3.25. The van der Waals surface area contributed by atoms with Gasteiger partial charge in [-0.2, -0.15) is 10.1 Å². The van der Waals surface area contributed by atoms with Crippen LogP contribution in [0.25, 0.3) is 11.6 Å². The fraction of sp³-hybridized carbons (Fsp3) is 0.600. The first-order chi connectivity index (χ1) is 11.1. The van der Waals surface area contributed by atoms with Crippen molar-refractivity contribution in [2.24, 2.45) is 5.92 Å². The van der Waals surface area contributed by atoms with E-state index >= 15 is 0 Å². The minimum atomic E-state index is -2.71. The Morgan fingerprint density at radius 1 is 1.42 bits per heavy atom. The van der Waals surface area contributed by atoms with Crippen molar-refractivity contribution >= 4 is 5.91 Å². The molecule has 0 bridgehead atoms. The van der Waals surface area contributed by atoms with Crippen LogP contribution in [-0.4, -0.2) is 25.8 Å². The van der Waals surface area contributed by atoms with Gasteiger partial charge in [0.15, 0.2) is 11.5 Å². The van der Waals surface area contributed by atoms with Crippen molar-refractivity contribution in [3.8, 4) is 11.6 Å². The Morgan fingerprint density at radius 2 is 2.08 bits per heavy atom. The first-order valence-corrected chi connectivity index (χ1v) is 7.59. The molecule has 9 heteroatoms. The zero-order chi connectivity index (χ0) is 18.1. The van der Waals surface area contributed by atoms with Gasteiger partial charge in [-0.05, 0) is 19.8 Å². The maximum absolute atomic E-state index is 13.3. The molecule has 2 rings (SSSR count). The van der Waals surface area contributed by atoms with Crippen LogP contribution in [0.4, 0.5) is 8.78 Å². The zero-order valence-electron chi connectivity index (χ0n) is 14.3. The number of nitrogens with one attached hydrogen (secondary N) is 1. The summed E-state index contributed by atoms with van der Waals surface area (Å²) in [7, 11) is 0. The average Bonchev–Trinajstić information content (AvgIpc) is 3.02. The summed E-state index contributed by atoms with van der Waals surface area (Å²) in [5.74, 6) is 0.0774. The van der Waals surface area contributed by atoms with Crippen LogP contribution in [0.2, 0.25) is 0 Å². The Hall–Kier alpha value is -2.32. The van der Waals surface area contributed by atoms with Gasteiger partial charge in [0, 0.05) is 19.7 Å². The fourth-order valence-electron chi connectivity index (χ4n) is 2.30. The number of carbonyl (C=O) groups is 1. The second-order valence-electron chi connectivity index (χ2n) is 6.58. The third-order valence-corrected chi connectivity index (χ3v) is 3.25. The molecule has 0 aliphatic rings. The summed E-state index contributed by atoms with van der Waals surface area (Å²) >= 11 is 0. The predicted octanol–water partition coefficient (Wildman–Crippen LogP) is 2.90. The molecule has 0 saturated heterocycles. The van der Waals surface area contributed by atoms with E-state index in [-0.39, 0.29) is 34.8 Å². The lowest BCUT2D eigenvalue weighted by Gasteiger charge is -2.20. The van der Waals surface area contributed by atoms with Crippen LogP contribution in [-0.2, 0) is 16.9 Å². The molecule has 0 aliphatic carbocycles. The summed E-state index contributed by atoms with van der Waals surface area (Å²) in [5.41, 5.74) is -1.19. The van der Waals surface area contributed by atoms with Crippen LogP contribution in [0.3, 0.4) is 0 Å². The quantitative estimate of drug-likeness (QED) is 0.873. The number of aromatic nitrogens is 4. The first kappa shape index (κ1) is 18.0. The second-order valence-corrected chi connectivity index (χ2v) is 6.58. The van der Waals surface area contributed by atoms with E-state index in [1.165, 1.54) is 17.8 Å². The minimum absolute atomic E-state index is 0.0389. The van der Waals surface area contributed by atoms with E-state index < -0.39 is 12.0 Å². The highest BCUT2D eigenvalue weighted by Gasteiger charge is 2.30. The highest BCUT2D eigenvalue weighted by Crippen LogP contribution is 2.30. The minimum Gasteiger partial charge on any atom is -0.344 e. The van der Waals surface area contributed by atoms with Crippen LogP contribution in [0.5, 0.6) is 0 Å². The number of alkyl halides is 2. The van der Waals surface area contributed by atoms with Crippen LogP contribution in [0, 0.1) is 5.92 Å². The van der Waals surface area contributed by atoms with Crippen LogP contribution in [0.15, 0.2) is 10.7 Å². The molecule has 1 N–H and O–H groups in total. The van der Waals surface area contributed by atoms with Crippen molar-refractivity contribution in [3.63, 3.8) is 0 Å². The fourth-order valence-corrected chi connectivity index (χ4v) is 2.30. The molecule has 0 aromatic carbocycles. The Bertz CT molecular complexity index is 721. The van der Waals surface area contributed by atoms with Gasteiger partial charge in [0.2, 0.25) is 5.91 Å². The topological polar surface area (TPSA) is 85.8 Å². The lowest BCUT2D eigenvalue weighted by Crippen LogP contribution is -2.40. The summed E-state index contributed by atoms with van der Waals surface area (Å²) in [6, 6.07) is 0. The first-order valence-electron chi connectivity index (χ1n) is 7.59. The van der Waals surface area contributed by atoms with Crippen LogP contribution in [0.1, 0.15) is 52.4 Å². The molecule has 2 heterocycles. The van der Waals surface area contributed by atoms with Gasteiger partial charge in [0.1, 0.15) is 0 Å². The standard InChI is InChI=1S/C15H21F2N5O2/c1-8(2)6-22-7-10(12(16)17)11(20-22)13-18-14(21-24-13)15(4,5)19-9(3)23/h7-8,12H,6H2,1-5H3,(H,19,23). The maximum Gasteiger partial charge on any atom is 0.279 e. The highest BCUT2D eigenvalue weighted by molar-refractivity contribution is 5.73. The van der Waals surface area contributed by atoms with Gasteiger partial charge in [0.05, 0.1) is 11.1 Å². The van der Waals surface area contributed by atoms with Gasteiger partial charge in [-0.1, -0.05) is 19.0 Å². The number of halogens is 2. The van der Waals surface area contributed by atoms with Gasteiger partial charge >= 0.3 is 0 Å². The predicted molar refractivity (Wildman–Crippen MR) is 82.2 cm³/mol. The van der Waals surface area contributed by atoms with Crippen LogP contribution < -0.4 is 5.32 Å². The summed E-state index contributed by atoms with van der Waals surface area (Å²) in [4.78, 5) is 15.4. The van der Waals surface area contributed by atoms with E-state index in [4.69, 9.17) is 4.52 Å². The zero-order valence-corrected chi connectivity index (χ0v) is 14.3. The summed E-state index contributed by atoms with van der Waals surface area (Å²) < 4.78 is 33.1. The number of hydrogen-bond donors (Lipinski definition) is 1. The van der Waals surface area contributed by atoms with Crippen molar-refractivity contribution < 1.29 is 18.1 Å².